The van der Waals surface area contributed by atoms with Gasteiger partial charge in [-0.25, -0.2) is 4.39 Å². The fraction of sp³-hybridized carbons (Fsp3) is 0.625. The molecular weight excluding hydrogens is 275 g/mol. The topological polar surface area (TPSA) is 15.3 Å². The van der Waals surface area contributed by atoms with Crippen LogP contribution in [0.3, 0.4) is 0 Å². The maximum Gasteiger partial charge on any atom is 0.124 e. The van der Waals surface area contributed by atoms with Crippen molar-refractivity contribution in [2.75, 3.05) is 26.2 Å². The zero-order chi connectivity index (χ0) is 14.5. The quantitative estimate of drug-likeness (QED) is 0.888. The Morgan fingerprint density at radius 2 is 2.30 bits per heavy atom. The van der Waals surface area contributed by atoms with Gasteiger partial charge in [-0.2, -0.15) is 0 Å². The summed E-state index contributed by atoms with van der Waals surface area (Å²) >= 11 is 6.19. The third kappa shape index (κ3) is 3.94. The highest BCUT2D eigenvalue weighted by molar-refractivity contribution is 6.31. The van der Waals surface area contributed by atoms with Gasteiger partial charge in [-0.05, 0) is 63.0 Å². The fourth-order valence-corrected chi connectivity index (χ4v) is 3.33. The molecule has 2 unspecified atom stereocenters. The number of piperidine rings is 1. The summed E-state index contributed by atoms with van der Waals surface area (Å²) in [6, 6.07) is 4.93. The Bertz CT molecular complexity index is 432. The standard InChI is InChI=1S/C16H24ClFN2/c1-3-20(11-13-5-4-8-19-10-13)12(2)15-7-6-14(18)9-16(15)17/h6-7,9,12-13,19H,3-5,8,10-11H2,1-2H3. The number of hydrogen-bond donors (Lipinski definition) is 1. The minimum atomic E-state index is -0.273. The van der Waals surface area contributed by atoms with E-state index in [0.717, 1.165) is 31.7 Å². The Kier molecular flexibility index (Phi) is 5.82. The lowest BCUT2D eigenvalue weighted by molar-refractivity contribution is 0.171. The predicted octanol–water partition coefficient (Wildman–Crippen LogP) is 3.86. The van der Waals surface area contributed by atoms with Crippen LogP contribution in [-0.2, 0) is 0 Å². The van der Waals surface area contributed by atoms with Crippen molar-refractivity contribution in [1.82, 2.24) is 10.2 Å². The van der Waals surface area contributed by atoms with E-state index in [1.807, 2.05) is 6.07 Å². The Morgan fingerprint density at radius 1 is 1.50 bits per heavy atom. The zero-order valence-electron chi connectivity index (χ0n) is 12.3. The molecule has 2 atom stereocenters. The normalized spacial score (nSPS) is 21.1. The van der Waals surface area contributed by atoms with Gasteiger partial charge >= 0.3 is 0 Å². The van der Waals surface area contributed by atoms with Crippen LogP contribution in [0.2, 0.25) is 5.02 Å². The van der Waals surface area contributed by atoms with Crippen LogP contribution in [-0.4, -0.2) is 31.1 Å². The molecule has 1 aliphatic rings. The van der Waals surface area contributed by atoms with Gasteiger partial charge in [0.15, 0.2) is 0 Å². The molecule has 1 saturated heterocycles. The molecule has 1 N–H and O–H groups in total. The van der Waals surface area contributed by atoms with Crippen LogP contribution in [0.5, 0.6) is 0 Å². The zero-order valence-corrected chi connectivity index (χ0v) is 13.1. The molecule has 1 aromatic rings. The Labute approximate surface area is 126 Å². The molecule has 0 bridgehead atoms. The Morgan fingerprint density at radius 3 is 2.90 bits per heavy atom. The van der Waals surface area contributed by atoms with Crippen LogP contribution in [0.1, 0.15) is 38.3 Å². The molecule has 1 aromatic carbocycles. The highest BCUT2D eigenvalue weighted by Crippen LogP contribution is 2.29. The Hall–Kier alpha value is -0.640. The van der Waals surface area contributed by atoms with Crippen LogP contribution in [0, 0.1) is 11.7 Å². The molecule has 2 nitrogen and oxygen atoms in total. The summed E-state index contributed by atoms with van der Waals surface area (Å²) in [7, 11) is 0. The average molecular weight is 299 g/mol. The summed E-state index contributed by atoms with van der Waals surface area (Å²) in [5.74, 6) is 0.427. The monoisotopic (exact) mass is 298 g/mol. The van der Waals surface area contributed by atoms with E-state index in [0.29, 0.717) is 10.9 Å². The third-order valence-electron chi connectivity index (χ3n) is 4.26. The van der Waals surface area contributed by atoms with Gasteiger partial charge in [-0.15, -0.1) is 0 Å². The maximum absolute atomic E-state index is 13.2. The molecule has 0 aliphatic carbocycles. The van der Waals surface area contributed by atoms with E-state index < -0.39 is 0 Å². The Balaban J connectivity index is 2.05. The third-order valence-corrected chi connectivity index (χ3v) is 4.59. The van der Waals surface area contributed by atoms with Gasteiger partial charge in [-0.3, -0.25) is 4.90 Å². The summed E-state index contributed by atoms with van der Waals surface area (Å²) in [6.07, 6.45) is 2.54. The molecule has 112 valence electrons. The van der Waals surface area contributed by atoms with Gasteiger partial charge in [0.1, 0.15) is 5.82 Å². The van der Waals surface area contributed by atoms with E-state index in [-0.39, 0.29) is 11.9 Å². The van der Waals surface area contributed by atoms with Gasteiger partial charge in [0.2, 0.25) is 0 Å². The molecule has 1 heterocycles. The molecule has 0 radical (unpaired) electrons. The molecule has 0 saturated carbocycles. The number of nitrogens with one attached hydrogen (secondary N) is 1. The molecule has 2 rings (SSSR count). The van der Waals surface area contributed by atoms with E-state index >= 15 is 0 Å². The lowest BCUT2D eigenvalue weighted by atomic mass is 9.97. The summed E-state index contributed by atoms with van der Waals surface area (Å²) in [5, 5.41) is 3.99. The highest BCUT2D eigenvalue weighted by Gasteiger charge is 2.22. The molecule has 0 amide bonds. The summed E-state index contributed by atoms with van der Waals surface area (Å²) in [6.45, 7) is 8.61. The molecular formula is C16H24ClFN2. The van der Waals surface area contributed by atoms with Crippen LogP contribution < -0.4 is 5.32 Å². The van der Waals surface area contributed by atoms with Gasteiger partial charge in [0, 0.05) is 17.6 Å². The van der Waals surface area contributed by atoms with Crippen molar-refractivity contribution < 1.29 is 4.39 Å². The van der Waals surface area contributed by atoms with Crippen molar-refractivity contribution in [3.63, 3.8) is 0 Å². The molecule has 1 fully saturated rings. The lowest BCUT2D eigenvalue weighted by Crippen LogP contribution is -2.39. The predicted molar refractivity (Wildman–Crippen MR) is 82.7 cm³/mol. The van der Waals surface area contributed by atoms with Crippen molar-refractivity contribution in [2.24, 2.45) is 5.92 Å². The van der Waals surface area contributed by atoms with E-state index in [2.05, 4.69) is 24.1 Å². The SMILES string of the molecule is CCN(CC1CCCNC1)C(C)c1ccc(F)cc1Cl. The maximum atomic E-state index is 13.2. The van der Waals surface area contributed by atoms with Crippen LogP contribution in [0.4, 0.5) is 4.39 Å². The van der Waals surface area contributed by atoms with E-state index in [1.54, 1.807) is 0 Å². The van der Waals surface area contributed by atoms with Gasteiger partial charge < -0.3 is 5.32 Å². The van der Waals surface area contributed by atoms with Gasteiger partial charge in [0.05, 0.1) is 0 Å². The van der Waals surface area contributed by atoms with Crippen LogP contribution in [0.25, 0.3) is 0 Å². The molecule has 20 heavy (non-hydrogen) atoms. The minimum Gasteiger partial charge on any atom is -0.316 e. The molecule has 1 aliphatic heterocycles. The summed E-state index contributed by atoms with van der Waals surface area (Å²) < 4.78 is 13.2. The van der Waals surface area contributed by atoms with Crippen LogP contribution >= 0.6 is 11.6 Å². The molecule has 0 spiro atoms. The average Bonchev–Trinajstić information content (AvgIpc) is 2.45. The first-order chi connectivity index (χ1) is 9.61. The second kappa shape index (κ2) is 7.39. The van der Waals surface area contributed by atoms with Crippen molar-refractivity contribution in [3.8, 4) is 0 Å². The largest absolute Gasteiger partial charge is 0.316 e. The number of rotatable bonds is 5. The number of nitrogens with zero attached hydrogens (tertiary/aromatic N) is 1. The van der Waals surface area contributed by atoms with Gasteiger partial charge in [0.25, 0.3) is 0 Å². The fourth-order valence-electron chi connectivity index (χ4n) is 3.01. The summed E-state index contributed by atoms with van der Waals surface area (Å²) in [4.78, 5) is 2.43. The van der Waals surface area contributed by atoms with E-state index in [1.165, 1.54) is 25.0 Å². The smallest absolute Gasteiger partial charge is 0.124 e. The van der Waals surface area contributed by atoms with E-state index in [4.69, 9.17) is 11.6 Å². The van der Waals surface area contributed by atoms with Crippen molar-refractivity contribution in [3.05, 3.63) is 34.6 Å². The number of hydrogen-bond acceptors (Lipinski definition) is 2. The first-order valence-corrected chi connectivity index (χ1v) is 7.89. The van der Waals surface area contributed by atoms with Gasteiger partial charge in [-0.1, -0.05) is 24.6 Å². The highest BCUT2D eigenvalue weighted by atomic mass is 35.5. The van der Waals surface area contributed by atoms with E-state index in [9.17, 15) is 4.39 Å². The first-order valence-electron chi connectivity index (χ1n) is 7.51. The van der Waals surface area contributed by atoms with Crippen molar-refractivity contribution in [1.29, 1.82) is 0 Å². The first kappa shape index (κ1) is 15.7. The molecule has 0 aromatic heterocycles. The minimum absolute atomic E-state index is 0.218. The van der Waals surface area contributed by atoms with Crippen molar-refractivity contribution >= 4 is 11.6 Å². The second-order valence-corrected chi connectivity index (χ2v) is 6.05. The van der Waals surface area contributed by atoms with Crippen LogP contribution in [0.15, 0.2) is 18.2 Å². The lowest BCUT2D eigenvalue weighted by Gasteiger charge is -2.34. The molecule has 4 heteroatoms. The van der Waals surface area contributed by atoms with Crippen molar-refractivity contribution in [2.45, 2.75) is 32.7 Å². The number of halogens is 2. The number of benzene rings is 1. The second-order valence-electron chi connectivity index (χ2n) is 5.64. The summed E-state index contributed by atoms with van der Waals surface area (Å²) in [5.41, 5.74) is 1.01.